The Morgan fingerprint density at radius 2 is 1.16 bits per heavy atom. The summed E-state index contributed by atoms with van der Waals surface area (Å²) in [6.07, 6.45) is 11.6. The zero-order valence-corrected chi connectivity index (χ0v) is 41.1. The number of hydrogen-bond acceptors (Lipinski definition) is 9. The molecule has 2 amide bonds. The first-order chi connectivity index (χ1) is 32.5. The summed E-state index contributed by atoms with van der Waals surface area (Å²) in [5, 5.41) is 33.2. The van der Waals surface area contributed by atoms with Crippen LogP contribution in [-0.2, 0) is 30.7 Å². The minimum atomic E-state index is -3.26. The van der Waals surface area contributed by atoms with Crippen LogP contribution in [0.25, 0.3) is 0 Å². The third-order valence-electron chi connectivity index (χ3n) is 13.9. The van der Waals surface area contributed by atoms with Crippen LogP contribution in [0.4, 0.5) is 17.6 Å². The normalized spacial score (nSPS) is 22.4. The van der Waals surface area contributed by atoms with Gasteiger partial charge in [0.05, 0.1) is 36.4 Å². The van der Waals surface area contributed by atoms with Crippen molar-refractivity contribution in [3.05, 3.63) is 92.1 Å². The highest BCUT2D eigenvalue weighted by atomic mass is 19.3. The Kier molecular flexibility index (Phi) is 17.0. The molecule has 0 bridgehead atoms. The van der Waals surface area contributed by atoms with Crippen LogP contribution >= 0.6 is 0 Å². The highest BCUT2D eigenvalue weighted by Gasteiger charge is 2.48. The number of hydrogen-bond donors (Lipinski definition) is 3. The summed E-state index contributed by atoms with van der Waals surface area (Å²) in [5.41, 5.74) is 3.66. The minimum Gasteiger partial charge on any atom is -0.484 e. The summed E-state index contributed by atoms with van der Waals surface area (Å²) in [6, 6.07) is 0.987. The zero-order chi connectivity index (χ0) is 50.5. The Balaban J connectivity index is 1.18. The molecule has 0 fully saturated rings. The Labute approximate surface area is 402 Å². The van der Waals surface area contributed by atoms with E-state index in [1.807, 2.05) is 41.5 Å². The van der Waals surface area contributed by atoms with E-state index in [9.17, 15) is 47.3 Å². The fourth-order valence-electron chi connectivity index (χ4n) is 9.77. The van der Waals surface area contributed by atoms with Gasteiger partial charge in [-0.1, -0.05) is 46.6 Å². The molecule has 3 N–H and O–H groups in total. The smallest absolute Gasteiger partial charge is 0.387 e. The Bertz CT molecular complexity index is 2390. The van der Waals surface area contributed by atoms with E-state index < -0.39 is 60.5 Å². The third-order valence-corrected chi connectivity index (χ3v) is 13.9. The number of benzene rings is 2. The van der Waals surface area contributed by atoms with E-state index in [4.69, 9.17) is 18.9 Å². The second-order valence-corrected chi connectivity index (χ2v) is 19.9. The molecule has 378 valence electrons. The highest BCUT2D eigenvalue weighted by molar-refractivity contribution is 6.02. The predicted octanol–water partition coefficient (Wildman–Crippen LogP) is 10.8. The molecule has 0 unspecified atom stereocenters. The lowest BCUT2D eigenvalue weighted by molar-refractivity contribution is -0.142. The van der Waals surface area contributed by atoms with Gasteiger partial charge in [-0.3, -0.25) is 9.59 Å². The molecular weight excluding hydrogens is 901 g/mol. The van der Waals surface area contributed by atoms with E-state index in [1.54, 1.807) is 13.8 Å². The van der Waals surface area contributed by atoms with Gasteiger partial charge in [-0.05, 0) is 132 Å². The summed E-state index contributed by atoms with van der Waals surface area (Å²) in [5.74, 6) is -2.88. The molecule has 0 radical (unpaired) electrons. The second-order valence-electron chi connectivity index (χ2n) is 19.9. The van der Waals surface area contributed by atoms with Crippen LogP contribution in [0.5, 0.6) is 23.0 Å². The maximum absolute atomic E-state index is 14.1. The fraction of sp³-hybridized carbons (Fsp3) is 0.566. The number of carboxylic acid groups (broad SMARTS) is 1. The van der Waals surface area contributed by atoms with Crippen molar-refractivity contribution < 1.29 is 66.2 Å². The van der Waals surface area contributed by atoms with Gasteiger partial charge in [-0.15, -0.1) is 0 Å². The number of carbonyl (C=O) groups is 3. The summed E-state index contributed by atoms with van der Waals surface area (Å²) >= 11 is 0. The van der Waals surface area contributed by atoms with Crippen molar-refractivity contribution in [3.63, 3.8) is 0 Å². The van der Waals surface area contributed by atoms with Gasteiger partial charge in [0, 0.05) is 41.6 Å². The molecule has 0 saturated heterocycles. The molecule has 0 aliphatic carbocycles. The molecule has 16 heteroatoms. The average Bonchev–Trinajstić information content (AvgIpc) is 3.74. The lowest BCUT2D eigenvalue weighted by Gasteiger charge is -2.41. The minimum absolute atomic E-state index is 0.0130. The second kappa shape index (κ2) is 22.2. The van der Waals surface area contributed by atoms with Gasteiger partial charge < -0.3 is 44.1 Å². The quantitative estimate of drug-likeness (QED) is 0.0767. The van der Waals surface area contributed by atoms with Crippen LogP contribution in [0.1, 0.15) is 163 Å². The van der Waals surface area contributed by atoms with Crippen LogP contribution in [0.3, 0.4) is 0 Å². The van der Waals surface area contributed by atoms with Gasteiger partial charge >= 0.3 is 19.2 Å². The molecule has 0 aromatic heterocycles. The number of amides is 2. The number of allylic oxidation sites excluding steroid dienone is 8. The first-order valence-electron chi connectivity index (χ1n) is 23.9. The molecule has 0 spiro atoms. The molecular formula is C53H68F4N2O10. The molecule has 0 saturated carbocycles. The van der Waals surface area contributed by atoms with Gasteiger partial charge in [0.15, 0.2) is 0 Å². The predicted molar refractivity (Wildman–Crippen MR) is 252 cm³/mol. The molecule has 6 rings (SSSR count). The van der Waals surface area contributed by atoms with Crippen LogP contribution in [0.2, 0.25) is 0 Å². The van der Waals surface area contributed by atoms with Gasteiger partial charge in [0.1, 0.15) is 40.2 Å². The lowest BCUT2D eigenvalue weighted by atomic mass is 9.84. The number of aliphatic carboxylic acids is 1. The van der Waals surface area contributed by atoms with Crippen LogP contribution in [0, 0.1) is 0 Å². The van der Waals surface area contributed by atoms with Crippen molar-refractivity contribution in [2.45, 2.75) is 188 Å². The summed E-state index contributed by atoms with van der Waals surface area (Å²) < 4.78 is 77.8. The van der Waals surface area contributed by atoms with Gasteiger partial charge in [-0.25, -0.2) is 4.79 Å². The lowest BCUT2D eigenvalue weighted by Crippen LogP contribution is -2.49. The van der Waals surface area contributed by atoms with Crippen molar-refractivity contribution in [3.8, 4) is 23.0 Å². The SMILES string of the molecule is CC(C)=CCC/C(C)=C/CC[C@@]1(C)Oc2c(c(OC(F)F)cc3c2CN(CCC[C@@H](C(=O)O)N2Cc4c(cc(OC(F)F)c5c4O[C@](C)(CC/C=C(\C)CCC=C(C)C)[C@@H](O)C5)C2=O)C3=O)C[C@@H]1O. The Morgan fingerprint density at radius 3 is 1.59 bits per heavy atom. The maximum atomic E-state index is 14.1. The fourth-order valence-corrected chi connectivity index (χ4v) is 9.77. The average molecular weight is 969 g/mol. The summed E-state index contributed by atoms with van der Waals surface area (Å²) in [4.78, 5) is 43.6. The molecule has 4 aliphatic rings. The molecule has 5 atom stereocenters. The maximum Gasteiger partial charge on any atom is 0.387 e. The largest absolute Gasteiger partial charge is 0.484 e. The number of carboxylic acids is 1. The number of alkyl halides is 4. The van der Waals surface area contributed by atoms with Crippen LogP contribution in [0.15, 0.2) is 58.7 Å². The first kappa shape index (κ1) is 53.0. The summed E-state index contributed by atoms with van der Waals surface area (Å²) in [7, 11) is 0. The number of aliphatic hydroxyl groups excluding tert-OH is 2. The monoisotopic (exact) mass is 968 g/mol. The number of ether oxygens (including phenoxy) is 4. The van der Waals surface area contributed by atoms with Gasteiger partial charge in [0.2, 0.25) is 0 Å². The van der Waals surface area contributed by atoms with Gasteiger partial charge in [-0.2, -0.15) is 17.6 Å². The number of carbonyl (C=O) groups excluding carboxylic acids is 2. The molecule has 69 heavy (non-hydrogen) atoms. The number of fused-ring (bicyclic) bond motifs is 6. The van der Waals surface area contributed by atoms with Crippen molar-refractivity contribution in [2.75, 3.05) is 6.54 Å². The number of aliphatic hydroxyl groups is 2. The van der Waals surface area contributed by atoms with E-state index in [0.717, 1.165) is 42.2 Å². The molecule has 4 aliphatic heterocycles. The molecule has 2 aromatic carbocycles. The molecule has 12 nitrogen and oxygen atoms in total. The van der Waals surface area contributed by atoms with Crippen molar-refractivity contribution >= 4 is 17.8 Å². The van der Waals surface area contributed by atoms with E-state index in [0.29, 0.717) is 36.8 Å². The highest BCUT2D eigenvalue weighted by Crippen LogP contribution is 2.49. The van der Waals surface area contributed by atoms with Gasteiger partial charge in [0.25, 0.3) is 11.8 Å². The van der Waals surface area contributed by atoms with Crippen molar-refractivity contribution in [1.82, 2.24) is 9.80 Å². The van der Waals surface area contributed by atoms with E-state index in [2.05, 4.69) is 24.3 Å². The number of rotatable bonds is 22. The Morgan fingerprint density at radius 1 is 0.710 bits per heavy atom. The van der Waals surface area contributed by atoms with E-state index in [-0.39, 0.29) is 90.6 Å². The first-order valence-corrected chi connectivity index (χ1v) is 23.9. The van der Waals surface area contributed by atoms with Crippen molar-refractivity contribution in [2.24, 2.45) is 0 Å². The summed E-state index contributed by atoms with van der Waals surface area (Å²) in [6.45, 7) is 9.05. The van der Waals surface area contributed by atoms with Crippen molar-refractivity contribution in [1.29, 1.82) is 0 Å². The molecule has 4 heterocycles. The zero-order valence-electron chi connectivity index (χ0n) is 41.1. The third kappa shape index (κ3) is 12.3. The Hall–Kier alpha value is -5.35. The van der Waals surface area contributed by atoms with Crippen LogP contribution in [-0.4, -0.2) is 92.1 Å². The number of nitrogens with zero attached hydrogens (tertiary/aromatic N) is 2. The standard InChI is InChI=1S/C53H68F4N2O10/c1-30(2)14-9-16-32(5)18-11-21-52(7)43(60)26-36-41(66-50(54)55)24-34-38(45(36)68-52)28-58(47(34)62)23-13-20-40(49(64)65)59-29-39-35(48(59)63)25-42(67-51(56)57)37-27-44(61)53(8,69-46(37)39)22-12-19-33(6)17-10-15-31(3)4/h14-15,18-19,24-25,40,43-44,50-51,60-61H,9-13,16-17,20-23,26-29H2,1-8H3,(H,64,65)/b32-18+,33-19+/t40-,43-,44-,52+,53+/m0/s1. The number of halogens is 4. The van der Waals surface area contributed by atoms with E-state index in [1.165, 1.54) is 27.7 Å². The molecule has 2 aromatic rings. The van der Waals surface area contributed by atoms with Crippen LogP contribution < -0.4 is 18.9 Å². The van der Waals surface area contributed by atoms with E-state index >= 15 is 0 Å². The topological polar surface area (TPSA) is 155 Å².